The molecule has 1 atom stereocenters. The number of rotatable bonds is 7. The number of hydrogen-bond acceptors (Lipinski definition) is 2. The Morgan fingerprint density at radius 3 is 2.67 bits per heavy atom. The fourth-order valence-corrected chi connectivity index (χ4v) is 3.62. The molecular formula is C19H31NO. The second-order valence-corrected chi connectivity index (χ2v) is 6.44. The zero-order chi connectivity index (χ0) is 15.1. The lowest BCUT2D eigenvalue weighted by molar-refractivity contribution is 0.312. The van der Waals surface area contributed by atoms with Crippen LogP contribution in [0.15, 0.2) is 18.2 Å². The first-order valence-corrected chi connectivity index (χ1v) is 8.62. The van der Waals surface area contributed by atoms with E-state index < -0.39 is 0 Å². The largest absolute Gasteiger partial charge is 0.496 e. The van der Waals surface area contributed by atoms with Crippen LogP contribution in [0, 0.1) is 12.8 Å². The van der Waals surface area contributed by atoms with Crippen molar-refractivity contribution in [3.8, 4) is 5.75 Å². The molecule has 0 bridgehead atoms. The van der Waals surface area contributed by atoms with Crippen molar-refractivity contribution in [1.82, 2.24) is 5.32 Å². The number of nitrogens with one attached hydrogen (secondary N) is 1. The minimum absolute atomic E-state index is 0.423. The molecule has 1 unspecified atom stereocenters. The van der Waals surface area contributed by atoms with Crippen LogP contribution in [0.4, 0.5) is 0 Å². The van der Waals surface area contributed by atoms with Gasteiger partial charge in [-0.25, -0.2) is 0 Å². The van der Waals surface area contributed by atoms with E-state index in [1.54, 1.807) is 7.11 Å². The predicted molar refractivity (Wildman–Crippen MR) is 90.0 cm³/mol. The van der Waals surface area contributed by atoms with Crippen molar-refractivity contribution < 1.29 is 4.74 Å². The zero-order valence-electron chi connectivity index (χ0n) is 14.0. The maximum Gasteiger partial charge on any atom is 0.123 e. The third-order valence-electron chi connectivity index (χ3n) is 4.80. The lowest BCUT2D eigenvalue weighted by atomic mass is 9.84. The first-order chi connectivity index (χ1) is 10.2. The Labute approximate surface area is 130 Å². The van der Waals surface area contributed by atoms with Crippen molar-refractivity contribution in [2.75, 3.05) is 13.7 Å². The van der Waals surface area contributed by atoms with Crippen LogP contribution in [0.1, 0.15) is 69.0 Å². The van der Waals surface area contributed by atoms with Crippen LogP contribution in [0.2, 0.25) is 0 Å². The first-order valence-electron chi connectivity index (χ1n) is 8.62. The maximum absolute atomic E-state index is 5.58. The molecule has 118 valence electrons. The van der Waals surface area contributed by atoms with Crippen LogP contribution in [-0.4, -0.2) is 13.7 Å². The van der Waals surface area contributed by atoms with Crippen LogP contribution in [0.5, 0.6) is 5.75 Å². The molecule has 2 heteroatoms. The predicted octanol–water partition coefficient (Wildman–Crippen LogP) is 5.01. The summed E-state index contributed by atoms with van der Waals surface area (Å²) in [4.78, 5) is 0. The molecule has 1 saturated carbocycles. The Morgan fingerprint density at radius 2 is 2.00 bits per heavy atom. The summed E-state index contributed by atoms with van der Waals surface area (Å²) in [6.07, 6.45) is 9.74. The van der Waals surface area contributed by atoms with Crippen molar-refractivity contribution in [2.24, 2.45) is 5.92 Å². The summed E-state index contributed by atoms with van der Waals surface area (Å²) in [5, 5.41) is 3.66. The highest BCUT2D eigenvalue weighted by Gasteiger charge is 2.19. The highest BCUT2D eigenvalue weighted by atomic mass is 16.5. The van der Waals surface area contributed by atoms with Gasteiger partial charge in [0, 0.05) is 11.6 Å². The summed E-state index contributed by atoms with van der Waals surface area (Å²) < 4.78 is 5.58. The molecule has 0 spiro atoms. The van der Waals surface area contributed by atoms with E-state index in [-0.39, 0.29) is 0 Å². The number of aryl methyl sites for hydroxylation is 1. The zero-order valence-corrected chi connectivity index (χ0v) is 14.0. The van der Waals surface area contributed by atoms with Gasteiger partial charge in [0.25, 0.3) is 0 Å². The maximum atomic E-state index is 5.58. The Hall–Kier alpha value is -1.02. The molecule has 0 amide bonds. The van der Waals surface area contributed by atoms with Crippen molar-refractivity contribution in [2.45, 2.75) is 64.8 Å². The Balaban J connectivity index is 2.05. The molecule has 0 aliphatic heterocycles. The molecule has 1 aromatic rings. The topological polar surface area (TPSA) is 21.3 Å². The van der Waals surface area contributed by atoms with E-state index >= 15 is 0 Å². The van der Waals surface area contributed by atoms with E-state index in [4.69, 9.17) is 4.74 Å². The SMILES string of the molecule is CCNC(CCC1CCCCC1)c1cc(C)ccc1OC. The van der Waals surface area contributed by atoms with Crippen LogP contribution in [0.25, 0.3) is 0 Å². The lowest BCUT2D eigenvalue weighted by Crippen LogP contribution is -2.22. The van der Waals surface area contributed by atoms with Gasteiger partial charge in [0.15, 0.2) is 0 Å². The van der Waals surface area contributed by atoms with E-state index in [1.807, 2.05) is 0 Å². The van der Waals surface area contributed by atoms with Crippen molar-refractivity contribution in [3.05, 3.63) is 29.3 Å². The van der Waals surface area contributed by atoms with Crippen molar-refractivity contribution >= 4 is 0 Å². The van der Waals surface area contributed by atoms with Crippen LogP contribution in [0.3, 0.4) is 0 Å². The molecule has 1 fully saturated rings. The van der Waals surface area contributed by atoms with Gasteiger partial charge in [-0.05, 0) is 38.3 Å². The molecule has 0 heterocycles. The average molecular weight is 289 g/mol. The summed E-state index contributed by atoms with van der Waals surface area (Å²) in [7, 11) is 1.78. The number of hydrogen-bond donors (Lipinski definition) is 1. The van der Waals surface area contributed by atoms with Gasteiger partial charge in [0.2, 0.25) is 0 Å². The normalized spacial score (nSPS) is 17.7. The quantitative estimate of drug-likeness (QED) is 0.761. The van der Waals surface area contributed by atoms with E-state index in [1.165, 1.54) is 56.1 Å². The van der Waals surface area contributed by atoms with Gasteiger partial charge in [-0.15, -0.1) is 0 Å². The van der Waals surface area contributed by atoms with E-state index in [9.17, 15) is 0 Å². The fraction of sp³-hybridized carbons (Fsp3) is 0.684. The standard InChI is InChI=1S/C19H31NO/c1-4-20-18(12-11-16-8-6-5-7-9-16)17-14-15(2)10-13-19(17)21-3/h10,13-14,16,18,20H,4-9,11-12H2,1-3H3. The first kappa shape index (κ1) is 16.4. The Bertz CT molecular complexity index is 424. The van der Waals surface area contributed by atoms with Crippen LogP contribution >= 0.6 is 0 Å². The number of benzene rings is 1. The Kier molecular flexibility index (Phi) is 6.56. The Morgan fingerprint density at radius 1 is 1.24 bits per heavy atom. The summed E-state index contributed by atoms with van der Waals surface area (Å²) in [5.74, 6) is 1.96. The molecule has 2 nitrogen and oxygen atoms in total. The van der Waals surface area contributed by atoms with Crippen molar-refractivity contribution in [3.63, 3.8) is 0 Å². The van der Waals surface area contributed by atoms with Gasteiger partial charge >= 0.3 is 0 Å². The summed E-state index contributed by atoms with van der Waals surface area (Å²) >= 11 is 0. The van der Waals surface area contributed by atoms with Gasteiger partial charge in [0.05, 0.1) is 7.11 Å². The monoisotopic (exact) mass is 289 g/mol. The highest BCUT2D eigenvalue weighted by Crippen LogP contribution is 2.33. The van der Waals surface area contributed by atoms with Crippen molar-refractivity contribution in [1.29, 1.82) is 0 Å². The van der Waals surface area contributed by atoms with E-state index in [0.717, 1.165) is 18.2 Å². The molecule has 0 aromatic heterocycles. The number of ether oxygens (including phenoxy) is 1. The second kappa shape index (κ2) is 8.43. The molecule has 0 radical (unpaired) electrons. The molecule has 0 saturated heterocycles. The van der Waals surface area contributed by atoms with E-state index in [2.05, 4.69) is 37.4 Å². The summed E-state index contributed by atoms with van der Waals surface area (Å²) in [6.45, 7) is 5.36. The fourth-order valence-electron chi connectivity index (χ4n) is 3.62. The molecule has 2 rings (SSSR count). The second-order valence-electron chi connectivity index (χ2n) is 6.44. The molecule has 1 aromatic carbocycles. The number of methoxy groups -OCH3 is 1. The highest BCUT2D eigenvalue weighted by molar-refractivity contribution is 5.39. The summed E-state index contributed by atoms with van der Waals surface area (Å²) in [5.41, 5.74) is 2.64. The average Bonchev–Trinajstić information content (AvgIpc) is 2.52. The smallest absolute Gasteiger partial charge is 0.123 e. The molecule has 1 aliphatic carbocycles. The van der Waals surface area contributed by atoms with Gasteiger partial charge in [0.1, 0.15) is 5.75 Å². The lowest BCUT2D eigenvalue weighted by Gasteiger charge is -2.26. The van der Waals surface area contributed by atoms with Gasteiger partial charge < -0.3 is 10.1 Å². The van der Waals surface area contributed by atoms with Gasteiger partial charge in [-0.3, -0.25) is 0 Å². The van der Waals surface area contributed by atoms with Gasteiger partial charge in [-0.2, -0.15) is 0 Å². The minimum atomic E-state index is 0.423. The third kappa shape index (κ3) is 4.74. The molecule has 1 aliphatic rings. The van der Waals surface area contributed by atoms with Gasteiger partial charge in [-0.1, -0.05) is 56.7 Å². The van der Waals surface area contributed by atoms with Crippen LogP contribution in [-0.2, 0) is 0 Å². The summed E-state index contributed by atoms with van der Waals surface area (Å²) in [6, 6.07) is 6.95. The minimum Gasteiger partial charge on any atom is -0.496 e. The van der Waals surface area contributed by atoms with Crippen LogP contribution < -0.4 is 10.1 Å². The van der Waals surface area contributed by atoms with E-state index in [0.29, 0.717) is 6.04 Å². The molecular weight excluding hydrogens is 258 g/mol. The molecule has 1 N–H and O–H groups in total. The third-order valence-corrected chi connectivity index (χ3v) is 4.80. The molecule has 21 heavy (non-hydrogen) atoms.